The van der Waals surface area contributed by atoms with E-state index in [1.54, 1.807) is 6.92 Å². The van der Waals surface area contributed by atoms with Gasteiger partial charge in [-0.1, -0.05) is 65.8 Å². The molecule has 0 atom stereocenters. The number of benzene rings is 3. The number of carbonyl (C=O) groups excluding carboxylic acids is 3. The summed E-state index contributed by atoms with van der Waals surface area (Å²) in [6, 6.07) is 22.3. The van der Waals surface area contributed by atoms with Crippen LogP contribution in [0.1, 0.15) is 40.7 Å². The van der Waals surface area contributed by atoms with E-state index < -0.39 is 38.5 Å². The van der Waals surface area contributed by atoms with Gasteiger partial charge in [-0.3, -0.25) is 4.79 Å². The molecule has 0 fully saturated rings. The molecular weight excluding hydrogens is 794 g/mol. The molecule has 256 valence electrons. The van der Waals surface area contributed by atoms with E-state index in [0.717, 1.165) is 18.2 Å². The predicted molar refractivity (Wildman–Crippen MR) is 185 cm³/mol. The molecule has 2 heterocycles. The van der Waals surface area contributed by atoms with Gasteiger partial charge in [-0.05, 0) is 54.6 Å². The van der Waals surface area contributed by atoms with Crippen LogP contribution in [-0.2, 0) is 34.7 Å². The zero-order valence-electron chi connectivity index (χ0n) is 27.6. The van der Waals surface area contributed by atoms with Crippen molar-refractivity contribution in [2.75, 3.05) is 26.1 Å². The normalized spacial score (nSPS) is 12.8. The Balaban J connectivity index is 0.000000270. The first-order chi connectivity index (χ1) is 23.4. The average molecular weight is 825 g/mol. The monoisotopic (exact) mass is 824 g/mol. The van der Waals surface area contributed by atoms with E-state index in [1.807, 2.05) is 83.3 Å². The van der Waals surface area contributed by atoms with Crippen molar-refractivity contribution >= 4 is 62.2 Å². The molecule has 0 radical (unpaired) electrons. The number of oxime groups is 1. The van der Waals surface area contributed by atoms with Crippen LogP contribution in [0.3, 0.4) is 0 Å². The second-order valence-electron chi connectivity index (χ2n) is 9.91. The number of hydrogen-bond acceptors (Lipinski definition) is 13. The summed E-state index contributed by atoms with van der Waals surface area (Å²) in [7, 11) is -2.08. The molecule has 1 aromatic heterocycles. The van der Waals surface area contributed by atoms with Crippen LogP contribution < -0.4 is 39.6 Å². The molecule has 2 amide bonds. The van der Waals surface area contributed by atoms with E-state index in [-0.39, 0.29) is 52.9 Å². The van der Waals surface area contributed by atoms with Gasteiger partial charge in [0.25, 0.3) is 0 Å². The number of anilines is 1. The Hall–Kier alpha value is -4.17. The van der Waals surface area contributed by atoms with E-state index in [9.17, 15) is 22.8 Å². The SMILES string of the molecule is CCOC(=O)C1=NOC(c2ccccc2)(c2ccccc2)C1.COC(=O)c1ccc(I)cc1S(=O)(=O)[N-]C(=O)Nc1nc(C)nc(OC)n1.[Na+]. The second kappa shape index (κ2) is 18.2. The summed E-state index contributed by atoms with van der Waals surface area (Å²) in [6.07, 6.45) is 0.361. The molecule has 0 saturated carbocycles. The van der Waals surface area contributed by atoms with Crippen LogP contribution in [0.4, 0.5) is 10.7 Å². The van der Waals surface area contributed by atoms with Crippen LogP contribution in [0.2, 0.25) is 0 Å². The fourth-order valence-corrected chi connectivity index (χ4v) is 6.29. The van der Waals surface area contributed by atoms with Crippen LogP contribution in [0.15, 0.2) is 88.9 Å². The number of methoxy groups -OCH3 is 2. The topological polar surface area (TPSA) is 199 Å². The summed E-state index contributed by atoms with van der Waals surface area (Å²) in [6.45, 7) is 3.62. The summed E-state index contributed by atoms with van der Waals surface area (Å²) < 4.78 is 43.1. The Morgan fingerprint density at radius 3 is 2.12 bits per heavy atom. The van der Waals surface area contributed by atoms with Crippen LogP contribution in [0, 0.1) is 10.5 Å². The molecule has 0 aliphatic carbocycles. The molecule has 0 spiro atoms. The number of ether oxygens (including phenoxy) is 3. The van der Waals surface area contributed by atoms with Crippen molar-refractivity contribution in [1.29, 1.82) is 0 Å². The van der Waals surface area contributed by atoms with E-state index in [2.05, 4.69) is 34.9 Å². The molecule has 0 saturated heterocycles. The maximum atomic E-state index is 12.5. The molecule has 0 unspecified atom stereocenters. The van der Waals surface area contributed by atoms with Crippen molar-refractivity contribution < 1.29 is 71.4 Å². The molecule has 5 rings (SSSR count). The zero-order valence-corrected chi connectivity index (χ0v) is 32.6. The molecule has 1 aliphatic rings. The number of rotatable bonds is 9. The summed E-state index contributed by atoms with van der Waals surface area (Å²) in [4.78, 5) is 52.6. The number of aryl methyl sites for hydroxylation is 1. The van der Waals surface area contributed by atoms with E-state index in [1.165, 1.54) is 32.2 Å². The van der Waals surface area contributed by atoms with Gasteiger partial charge in [0.05, 0.1) is 37.7 Å². The quantitative estimate of drug-likeness (QED) is 0.147. The van der Waals surface area contributed by atoms with Crippen molar-refractivity contribution in [2.45, 2.75) is 30.8 Å². The van der Waals surface area contributed by atoms with Gasteiger partial charge >= 0.3 is 47.5 Å². The van der Waals surface area contributed by atoms with Crippen LogP contribution in [0.25, 0.3) is 4.72 Å². The van der Waals surface area contributed by atoms with Crippen molar-refractivity contribution in [2.24, 2.45) is 5.16 Å². The third kappa shape index (κ3) is 9.96. The molecule has 50 heavy (non-hydrogen) atoms. The van der Waals surface area contributed by atoms with Crippen LogP contribution in [0.5, 0.6) is 6.01 Å². The minimum absolute atomic E-state index is 0. The van der Waals surface area contributed by atoms with E-state index in [4.69, 9.17) is 14.3 Å². The first kappa shape index (κ1) is 40.3. The minimum Gasteiger partial charge on any atom is -0.467 e. The number of aromatic nitrogens is 3. The maximum Gasteiger partial charge on any atom is 1.00 e. The summed E-state index contributed by atoms with van der Waals surface area (Å²) in [5, 5.41) is 6.12. The van der Waals surface area contributed by atoms with Gasteiger partial charge in [0.2, 0.25) is 10.0 Å². The first-order valence-corrected chi connectivity index (χ1v) is 16.9. The Morgan fingerprint density at radius 1 is 0.940 bits per heavy atom. The van der Waals surface area contributed by atoms with E-state index in [0.29, 0.717) is 22.3 Å². The first-order valence-electron chi connectivity index (χ1n) is 14.4. The molecular formula is C32H30IN6NaO9S. The third-order valence-electron chi connectivity index (χ3n) is 6.68. The van der Waals surface area contributed by atoms with Crippen molar-refractivity contribution in [3.63, 3.8) is 0 Å². The number of esters is 2. The predicted octanol–water partition coefficient (Wildman–Crippen LogP) is 2.15. The van der Waals surface area contributed by atoms with Gasteiger partial charge in [0.15, 0.2) is 23.3 Å². The van der Waals surface area contributed by atoms with Crippen molar-refractivity contribution in [1.82, 2.24) is 15.0 Å². The number of hydrogen-bond donors (Lipinski definition) is 1. The minimum atomic E-state index is -4.51. The zero-order chi connectivity index (χ0) is 35.6. The number of halogens is 1. The molecule has 3 aromatic carbocycles. The largest absolute Gasteiger partial charge is 1.00 e. The molecule has 4 aromatic rings. The van der Waals surface area contributed by atoms with E-state index >= 15 is 0 Å². The Bertz CT molecular complexity index is 1930. The fraction of sp³-hybridized carbons (Fsp3) is 0.219. The van der Waals surface area contributed by atoms with Gasteiger partial charge in [0, 0.05) is 14.7 Å². The second-order valence-corrected chi connectivity index (χ2v) is 12.7. The molecule has 1 N–H and O–H groups in total. The number of sulfonamides is 1. The van der Waals surface area contributed by atoms with Crippen LogP contribution >= 0.6 is 22.6 Å². The van der Waals surface area contributed by atoms with Crippen LogP contribution in [-0.4, -0.2) is 67.9 Å². The molecule has 0 bridgehead atoms. The number of urea groups is 1. The fourth-order valence-electron chi connectivity index (χ4n) is 4.52. The number of amides is 2. The van der Waals surface area contributed by atoms with Gasteiger partial charge in [0.1, 0.15) is 5.82 Å². The maximum absolute atomic E-state index is 12.5. The number of nitrogens with zero attached hydrogens (tertiary/aromatic N) is 5. The molecule has 15 nitrogen and oxygen atoms in total. The van der Waals surface area contributed by atoms with Gasteiger partial charge in [-0.25, -0.2) is 23.0 Å². The average Bonchev–Trinajstić information content (AvgIpc) is 3.56. The van der Waals surface area contributed by atoms with Gasteiger partial charge in [-0.15, -0.1) is 0 Å². The molecule has 18 heteroatoms. The Morgan fingerprint density at radius 2 is 1.56 bits per heavy atom. The molecule has 1 aliphatic heterocycles. The smallest absolute Gasteiger partial charge is 0.467 e. The third-order valence-corrected chi connectivity index (χ3v) is 8.65. The standard InChI is InChI=1S/C18H17NO3.C14H14IN5O6S.Na/c1-2-21-17(20)16-13-18(22-19-16,14-9-5-3-6-10-14)15-11-7-4-8-12-15;1-7-16-12(19-14(17-7)26-3)18-13(22)20-27(23,24)10-6-8(15)4-5-9(10)11(21)25-2;/h3-12H,2,13H2,1H3;4-6H,1-3H3,(H2,16,17,18,19,20,22);/q;;+1/p-1. The number of nitrogens with one attached hydrogen (secondary N) is 1. The Kier molecular flexibility index (Phi) is 14.6. The number of carbonyl (C=O) groups is 3. The Labute approximate surface area is 324 Å². The summed E-state index contributed by atoms with van der Waals surface area (Å²) in [5.74, 6) is -1.29. The van der Waals surface area contributed by atoms with Crippen molar-refractivity contribution in [3.05, 3.63) is 110 Å². The van der Waals surface area contributed by atoms with Gasteiger partial charge in [-0.2, -0.15) is 9.97 Å². The summed E-state index contributed by atoms with van der Waals surface area (Å²) >= 11 is 1.86. The van der Waals surface area contributed by atoms with Gasteiger partial charge < -0.3 is 29.1 Å². The summed E-state index contributed by atoms with van der Waals surface area (Å²) in [5.41, 5.74) is 1.22. The van der Waals surface area contributed by atoms with Crippen molar-refractivity contribution in [3.8, 4) is 6.01 Å².